The Morgan fingerprint density at radius 2 is 2.22 bits per heavy atom. The molecule has 5 nitrogen and oxygen atoms in total. The van der Waals surface area contributed by atoms with Crippen molar-refractivity contribution in [1.29, 1.82) is 0 Å². The number of anilines is 1. The summed E-state index contributed by atoms with van der Waals surface area (Å²) < 4.78 is 2.31. The van der Waals surface area contributed by atoms with Gasteiger partial charge in [-0.3, -0.25) is 10.1 Å². The lowest BCUT2D eigenvalue weighted by Crippen LogP contribution is -2.42. The molecule has 1 fully saturated rings. The van der Waals surface area contributed by atoms with Crippen molar-refractivity contribution in [3.8, 4) is 0 Å². The van der Waals surface area contributed by atoms with Crippen LogP contribution < -0.4 is 10.2 Å². The summed E-state index contributed by atoms with van der Waals surface area (Å²) in [5.41, 5.74) is 1.24. The molecule has 0 amide bonds. The van der Waals surface area contributed by atoms with Gasteiger partial charge in [-0.15, -0.1) is 0 Å². The van der Waals surface area contributed by atoms with Gasteiger partial charge in [-0.05, 0) is 31.4 Å². The van der Waals surface area contributed by atoms with Crippen LogP contribution in [0, 0.1) is 0 Å². The summed E-state index contributed by atoms with van der Waals surface area (Å²) in [5.74, 6) is 0.509. The zero-order valence-electron chi connectivity index (χ0n) is 10.6. The van der Waals surface area contributed by atoms with E-state index in [1.165, 1.54) is 11.5 Å². The van der Waals surface area contributed by atoms with E-state index >= 15 is 0 Å². The van der Waals surface area contributed by atoms with E-state index in [2.05, 4.69) is 34.0 Å². The Balaban J connectivity index is 1.83. The number of aliphatic carboxylic acids is 1. The second-order valence-electron chi connectivity index (χ2n) is 5.23. The molecule has 18 heavy (non-hydrogen) atoms. The number of nitrogens with one attached hydrogen (secondary N) is 1. The van der Waals surface area contributed by atoms with Crippen molar-refractivity contribution in [3.63, 3.8) is 0 Å². The van der Waals surface area contributed by atoms with Crippen LogP contribution in [0.2, 0.25) is 0 Å². The van der Waals surface area contributed by atoms with E-state index in [1.54, 1.807) is 0 Å². The van der Waals surface area contributed by atoms with Gasteiger partial charge in [-0.2, -0.15) is 0 Å². The number of carboxylic acid groups (broad SMARTS) is 1. The average molecular weight is 249 g/mol. The highest BCUT2D eigenvalue weighted by molar-refractivity contribution is 5.73. The van der Waals surface area contributed by atoms with Gasteiger partial charge in [0.2, 0.25) is 0 Å². The summed E-state index contributed by atoms with van der Waals surface area (Å²) >= 11 is 0. The predicted molar refractivity (Wildman–Crippen MR) is 68.9 cm³/mol. The number of piperidine rings is 1. The molecule has 2 unspecified atom stereocenters. The molecule has 1 aromatic rings. The first-order valence-corrected chi connectivity index (χ1v) is 6.56. The highest BCUT2D eigenvalue weighted by Crippen LogP contribution is 2.32. The average Bonchev–Trinajstić information content (AvgIpc) is 2.93. The minimum Gasteiger partial charge on any atom is -0.480 e. The number of rotatable bonds is 2. The molecule has 2 aliphatic heterocycles. The van der Waals surface area contributed by atoms with Crippen LogP contribution in [-0.2, 0) is 11.3 Å². The highest BCUT2D eigenvalue weighted by Gasteiger charge is 2.30. The molecular formula is C13H19N3O2. The summed E-state index contributed by atoms with van der Waals surface area (Å²) in [7, 11) is 2.09. The van der Waals surface area contributed by atoms with Crippen molar-refractivity contribution >= 4 is 11.8 Å². The van der Waals surface area contributed by atoms with Crippen LogP contribution in [0.4, 0.5) is 5.82 Å². The maximum atomic E-state index is 11.1. The molecule has 2 N–H and O–H groups in total. The number of carbonyl (C=O) groups is 1. The standard InChI is InChI=1S/C13H19N3O2/c1-15-7-8-16-11(5-6-12(15)16)9-3-2-4-10(14-9)13(17)18/h5-6,9-10,14H,2-4,7-8H2,1H3,(H,17,18). The van der Waals surface area contributed by atoms with E-state index in [0.717, 1.165) is 32.4 Å². The van der Waals surface area contributed by atoms with Crippen molar-refractivity contribution in [3.05, 3.63) is 17.8 Å². The Bertz CT molecular complexity index is 469. The largest absolute Gasteiger partial charge is 0.480 e. The molecule has 1 saturated heterocycles. The van der Waals surface area contributed by atoms with Crippen LogP contribution in [0.5, 0.6) is 0 Å². The Hall–Kier alpha value is -1.49. The molecule has 98 valence electrons. The van der Waals surface area contributed by atoms with E-state index in [1.807, 2.05) is 0 Å². The van der Waals surface area contributed by atoms with E-state index < -0.39 is 12.0 Å². The van der Waals surface area contributed by atoms with Gasteiger partial charge < -0.3 is 14.6 Å². The van der Waals surface area contributed by atoms with Gasteiger partial charge in [-0.1, -0.05) is 0 Å². The van der Waals surface area contributed by atoms with Crippen LogP contribution >= 0.6 is 0 Å². The third kappa shape index (κ3) is 1.79. The molecule has 0 spiro atoms. The van der Waals surface area contributed by atoms with Gasteiger partial charge in [0.25, 0.3) is 0 Å². The first kappa shape index (κ1) is 11.6. The molecule has 3 heterocycles. The topological polar surface area (TPSA) is 57.5 Å². The third-order valence-corrected chi connectivity index (χ3v) is 4.08. The Morgan fingerprint density at radius 1 is 1.39 bits per heavy atom. The fraction of sp³-hybridized carbons (Fsp3) is 0.615. The van der Waals surface area contributed by atoms with Gasteiger partial charge in [0, 0.05) is 31.9 Å². The summed E-state index contributed by atoms with van der Waals surface area (Å²) in [5, 5.41) is 12.4. The van der Waals surface area contributed by atoms with Crippen LogP contribution in [0.3, 0.4) is 0 Å². The molecule has 2 aliphatic rings. The summed E-state index contributed by atoms with van der Waals surface area (Å²) in [6.07, 6.45) is 2.74. The molecule has 0 bridgehead atoms. The molecule has 2 atom stereocenters. The number of carboxylic acids is 1. The number of hydrogen-bond donors (Lipinski definition) is 2. The second-order valence-corrected chi connectivity index (χ2v) is 5.23. The molecule has 0 radical (unpaired) electrons. The van der Waals surface area contributed by atoms with Crippen molar-refractivity contribution < 1.29 is 9.90 Å². The Kier molecular flexibility index (Phi) is 2.78. The van der Waals surface area contributed by atoms with E-state index in [-0.39, 0.29) is 6.04 Å². The van der Waals surface area contributed by atoms with E-state index in [4.69, 9.17) is 5.11 Å². The number of nitrogens with zero attached hydrogens (tertiary/aromatic N) is 2. The highest BCUT2D eigenvalue weighted by atomic mass is 16.4. The maximum absolute atomic E-state index is 11.1. The van der Waals surface area contributed by atoms with Gasteiger partial charge >= 0.3 is 5.97 Å². The van der Waals surface area contributed by atoms with Crippen molar-refractivity contribution in [2.24, 2.45) is 0 Å². The molecule has 3 rings (SSSR count). The van der Waals surface area contributed by atoms with Crippen LogP contribution in [0.15, 0.2) is 12.1 Å². The number of aromatic nitrogens is 1. The smallest absolute Gasteiger partial charge is 0.320 e. The zero-order valence-corrected chi connectivity index (χ0v) is 10.6. The monoisotopic (exact) mass is 249 g/mol. The molecule has 0 aromatic carbocycles. The van der Waals surface area contributed by atoms with Crippen molar-refractivity contribution in [1.82, 2.24) is 9.88 Å². The van der Waals surface area contributed by atoms with Gasteiger partial charge in [-0.25, -0.2) is 0 Å². The first-order valence-electron chi connectivity index (χ1n) is 6.56. The summed E-state index contributed by atoms with van der Waals surface area (Å²) in [6.45, 7) is 2.04. The van der Waals surface area contributed by atoms with Crippen LogP contribution in [0.1, 0.15) is 31.0 Å². The van der Waals surface area contributed by atoms with E-state index in [0.29, 0.717) is 0 Å². The van der Waals surface area contributed by atoms with Gasteiger partial charge in [0.05, 0.1) is 0 Å². The van der Waals surface area contributed by atoms with Gasteiger partial charge in [0.1, 0.15) is 11.9 Å². The minimum absolute atomic E-state index is 0.181. The Morgan fingerprint density at radius 3 is 3.00 bits per heavy atom. The molecule has 0 aliphatic carbocycles. The normalized spacial score (nSPS) is 27.3. The number of fused-ring (bicyclic) bond motifs is 1. The lowest BCUT2D eigenvalue weighted by atomic mass is 9.96. The SMILES string of the molecule is CN1CCn2c(C3CCCC(C(=O)O)N3)ccc21. The molecular weight excluding hydrogens is 230 g/mol. The fourth-order valence-corrected chi connectivity index (χ4v) is 3.08. The second kappa shape index (κ2) is 4.31. The third-order valence-electron chi connectivity index (χ3n) is 4.08. The van der Waals surface area contributed by atoms with Crippen LogP contribution in [0.25, 0.3) is 0 Å². The maximum Gasteiger partial charge on any atom is 0.320 e. The van der Waals surface area contributed by atoms with Crippen LogP contribution in [-0.4, -0.2) is 35.3 Å². The van der Waals surface area contributed by atoms with E-state index in [9.17, 15) is 4.79 Å². The first-order chi connectivity index (χ1) is 8.66. The zero-order chi connectivity index (χ0) is 12.7. The number of hydrogen-bond acceptors (Lipinski definition) is 3. The number of likely N-dealkylation sites (N-methyl/N-ethyl adjacent to an activating group) is 1. The Labute approximate surface area is 106 Å². The minimum atomic E-state index is -0.731. The lowest BCUT2D eigenvalue weighted by molar-refractivity contribution is -0.140. The fourth-order valence-electron chi connectivity index (χ4n) is 3.08. The van der Waals surface area contributed by atoms with Gasteiger partial charge in [0.15, 0.2) is 0 Å². The summed E-state index contributed by atoms with van der Waals surface area (Å²) in [4.78, 5) is 13.3. The quantitative estimate of drug-likeness (QED) is 0.827. The van der Waals surface area contributed by atoms with Crippen molar-refractivity contribution in [2.75, 3.05) is 18.5 Å². The molecule has 0 saturated carbocycles. The molecule has 1 aromatic heterocycles. The predicted octanol–water partition coefficient (Wildman–Crippen LogP) is 1.21. The van der Waals surface area contributed by atoms with Crippen molar-refractivity contribution in [2.45, 2.75) is 37.9 Å². The summed E-state index contributed by atoms with van der Waals surface area (Å²) in [6, 6.07) is 4.05. The molecule has 5 heteroatoms. The lowest BCUT2D eigenvalue weighted by Gasteiger charge is -2.29.